The highest BCUT2D eigenvalue weighted by molar-refractivity contribution is 7.99. The van der Waals surface area contributed by atoms with Crippen molar-refractivity contribution in [1.29, 1.82) is 0 Å². The maximum Gasteiger partial charge on any atom is 0.232 e. The summed E-state index contributed by atoms with van der Waals surface area (Å²) in [5, 5.41) is 0.816. The average Bonchev–Trinajstić information content (AvgIpc) is 2.79. The summed E-state index contributed by atoms with van der Waals surface area (Å²) in [5.41, 5.74) is 1.17. The van der Waals surface area contributed by atoms with Crippen LogP contribution in [-0.4, -0.2) is 35.9 Å². The molecule has 17 heavy (non-hydrogen) atoms. The Bertz CT molecular complexity index is 410. The molecular formula is C13H16ClNOS. The van der Waals surface area contributed by atoms with Gasteiger partial charge >= 0.3 is 0 Å². The first kappa shape index (κ1) is 12.8. The van der Waals surface area contributed by atoms with Crippen molar-refractivity contribution in [1.82, 2.24) is 4.90 Å². The third kappa shape index (κ3) is 2.96. The number of carbonyl (C=O) groups is 1. The maximum absolute atomic E-state index is 11.8. The fraction of sp³-hybridized carbons (Fsp3) is 0.462. The van der Waals surface area contributed by atoms with Crippen LogP contribution in [0, 0.1) is 0 Å². The SMILES string of the molecule is CSCC(=O)N1CCC(c2ccccc2Cl)C1. The quantitative estimate of drug-likeness (QED) is 0.841. The van der Waals surface area contributed by atoms with Crippen LogP contribution in [0.4, 0.5) is 0 Å². The second-order valence-corrected chi connectivity index (χ2v) is 5.55. The van der Waals surface area contributed by atoms with Gasteiger partial charge in [-0.1, -0.05) is 29.8 Å². The first-order chi connectivity index (χ1) is 8.22. The van der Waals surface area contributed by atoms with Crippen LogP contribution in [0.1, 0.15) is 17.9 Å². The molecule has 1 saturated heterocycles. The van der Waals surface area contributed by atoms with E-state index < -0.39 is 0 Å². The van der Waals surface area contributed by atoms with Crippen LogP contribution < -0.4 is 0 Å². The summed E-state index contributed by atoms with van der Waals surface area (Å²) in [4.78, 5) is 13.7. The smallest absolute Gasteiger partial charge is 0.232 e. The molecule has 0 aliphatic carbocycles. The first-order valence-electron chi connectivity index (χ1n) is 5.73. The first-order valence-corrected chi connectivity index (χ1v) is 7.50. The van der Waals surface area contributed by atoms with E-state index in [1.165, 1.54) is 5.56 Å². The highest BCUT2D eigenvalue weighted by Crippen LogP contribution is 2.31. The van der Waals surface area contributed by atoms with E-state index in [1.54, 1.807) is 11.8 Å². The zero-order chi connectivity index (χ0) is 12.3. The summed E-state index contributed by atoms with van der Waals surface area (Å²) in [6, 6.07) is 7.93. The summed E-state index contributed by atoms with van der Waals surface area (Å²) in [6.07, 6.45) is 2.98. The Morgan fingerprint density at radius 3 is 3.00 bits per heavy atom. The fourth-order valence-corrected chi connectivity index (χ4v) is 2.98. The Hall–Kier alpha value is -0.670. The minimum atomic E-state index is 0.243. The number of hydrogen-bond acceptors (Lipinski definition) is 2. The summed E-state index contributed by atoms with van der Waals surface area (Å²) >= 11 is 7.76. The molecule has 1 aromatic rings. The van der Waals surface area contributed by atoms with Gasteiger partial charge in [0.25, 0.3) is 0 Å². The lowest BCUT2D eigenvalue weighted by Crippen LogP contribution is -2.29. The minimum absolute atomic E-state index is 0.243. The third-order valence-electron chi connectivity index (χ3n) is 3.15. The molecule has 1 aromatic carbocycles. The van der Waals surface area contributed by atoms with Gasteiger partial charge in [-0.05, 0) is 24.3 Å². The lowest BCUT2D eigenvalue weighted by Gasteiger charge is -2.16. The number of benzene rings is 1. The van der Waals surface area contributed by atoms with E-state index >= 15 is 0 Å². The molecule has 1 aliphatic rings. The molecular weight excluding hydrogens is 254 g/mol. The van der Waals surface area contributed by atoms with Gasteiger partial charge in [-0.2, -0.15) is 11.8 Å². The molecule has 1 atom stereocenters. The molecule has 1 amide bonds. The predicted octanol–water partition coefficient (Wildman–Crippen LogP) is 3.02. The summed E-state index contributed by atoms with van der Waals surface area (Å²) in [7, 11) is 0. The number of carbonyl (C=O) groups excluding carboxylic acids is 1. The molecule has 0 saturated carbocycles. The number of thioether (sulfide) groups is 1. The van der Waals surface area contributed by atoms with Crippen molar-refractivity contribution >= 4 is 29.3 Å². The van der Waals surface area contributed by atoms with E-state index in [9.17, 15) is 4.79 Å². The zero-order valence-corrected chi connectivity index (χ0v) is 11.4. The number of amides is 1. The molecule has 1 aliphatic heterocycles. The lowest BCUT2D eigenvalue weighted by molar-refractivity contribution is -0.127. The normalized spacial score (nSPS) is 19.6. The van der Waals surface area contributed by atoms with Crippen molar-refractivity contribution in [2.75, 3.05) is 25.1 Å². The van der Waals surface area contributed by atoms with E-state index in [-0.39, 0.29) is 5.91 Å². The topological polar surface area (TPSA) is 20.3 Å². The van der Waals surface area contributed by atoms with Crippen LogP contribution in [0.15, 0.2) is 24.3 Å². The van der Waals surface area contributed by atoms with Crippen molar-refractivity contribution in [3.8, 4) is 0 Å². The monoisotopic (exact) mass is 269 g/mol. The summed E-state index contributed by atoms with van der Waals surface area (Å²) < 4.78 is 0. The average molecular weight is 270 g/mol. The number of likely N-dealkylation sites (tertiary alicyclic amines) is 1. The molecule has 1 fully saturated rings. The molecule has 0 radical (unpaired) electrons. The Balaban J connectivity index is 2.03. The highest BCUT2D eigenvalue weighted by Gasteiger charge is 2.27. The standard InChI is InChI=1S/C13H16ClNOS/c1-17-9-13(16)15-7-6-10(8-15)11-4-2-3-5-12(11)14/h2-5,10H,6-9H2,1H3. The van der Waals surface area contributed by atoms with E-state index in [2.05, 4.69) is 6.07 Å². The minimum Gasteiger partial charge on any atom is -0.341 e. The van der Waals surface area contributed by atoms with Crippen LogP contribution in [-0.2, 0) is 4.79 Å². The van der Waals surface area contributed by atoms with E-state index in [4.69, 9.17) is 11.6 Å². The molecule has 1 unspecified atom stereocenters. The summed E-state index contributed by atoms with van der Waals surface area (Å²) in [6.45, 7) is 1.67. The van der Waals surface area contributed by atoms with Crippen molar-refractivity contribution in [2.24, 2.45) is 0 Å². The number of rotatable bonds is 3. The third-order valence-corrected chi connectivity index (χ3v) is 4.03. The van der Waals surface area contributed by atoms with E-state index in [0.717, 1.165) is 24.5 Å². The van der Waals surface area contributed by atoms with Gasteiger partial charge in [0.2, 0.25) is 5.91 Å². The second kappa shape index (κ2) is 5.78. The van der Waals surface area contributed by atoms with Gasteiger partial charge < -0.3 is 4.90 Å². The maximum atomic E-state index is 11.8. The molecule has 92 valence electrons. The number of halogens is 1. The Morgan fingerprint density at radius 1 is 1.53 bits per heavy atom. The van der Waals surface area contributed by atoms with Crippen LogP contribution in [0.2, 0.25) is 5.02 Å². The molecule has 1 heterocycles. The largest absolute Gasteiger partial charge is 0.341 e. The van der Waals surface area contributed by atoms with Gasteiger partial charge in [0.15, 0.2) is 0 Å². The van der Waals surface area contributed by atoms with Crippen LogP contribution >= 0.6 is 23.4 Å². The van der Waals surface area contributed by atoms with Crippen molar-refractivity contribution in [3.05, 3.63) is 34.9 Å². The Morgan fingerprint density at radius 2 is 2.29 bits per heavy atom. The molecule has 0 N–H and O–H groups in total. The molecule has 4 heteroatoms. The molecule has 2 rings (SSSR count). The molecule has 0 aromatic heterocycles. The van der Waals surface area contributed by atoms with Gasteiger partial charge in [0.1, 0.15) is 0 Å². The highest BCUT2D eigenvalue weighted by atomic mass is 35.5. The van der Waals surface area contributed by atoms with Gasteiger partial charge in [-0.15, -0.1) is 0 Å². The predicted molar refractivity (Wildman–Crippen MR) is 73.8 cm³/mol. The number of hydrogen-bond donors (Lipinski definition) is 0. The van der Waals surface area contributed by atoms with Gasteiger partial charge in [0.05, 0.1) is 5.75 Å². The molecule has 2 nitrogen and oxygen atoms in total. The molecule has 0 bridgehead atoms. The lowest BCUT2D eigenvalue weighted by atomic mass is 9.98. The van der Waals surface area contributed by atoms with Crippen molar-refractivity contribution < 1.29 is 4.79 Å². The summed E-state index contributed by atoms with van der Waals surface area (Å²) in [5.74, 6) is 1.22. The van der Waals surface area contributed by atoms with Crippen LogP contribution in [0.5, 0.6) is 0 Å². The van der Waals surface area contributed by atoms with E-state index in [1.807, 2.05) is 29.4 Å². The number of nitrogens with zero attached hydrogens (tertiary/aromatic N) is 1. The zero-order valence-electron chi connectivity index (χ0n) is 9.86. The van der Waals surface area contributed by atoms with Gasteiger partial charge in [-0.3, -0.25) is 4.79 Å². The van der Waals surface area contributed by atoms with Crippen LogP contribution in [0.3, 0.4) is 0 Å². The Kier molecular flexibility index (Phi) is 4.35. The van der Waals surface area contributed by atoms with Gasteiger partial charge in [-0.25, -0.2) is 0 Å². The van der Waals surface area contributed by atoms with Crippen molar-refractivity contribution in [3.63, 3.8) is 0 Å². The molecule has 0 spiro atoms. The van der Waals surface area contributed by atoms with Gasteiger partial charge in [0, 0.05) is 24.0 Å². The second-order valence-electron chi connectivity index (χ2n) is 4.28. The van der Waals surface area contributed by atoms with Crippen LogP contribution in [0.25, 0.3) is 0 Å². The fourth-order valence-electron chi connectivity index (χ4n) is 2.26. The van der Waals surface area contributed by atoms with Crippen molar-refractivity contribution in [2.45, 2.75) is 12.3 Å². The Labute approximate surface area is 111 Å². The van der Waals surface area contributed by atoms with E-state index in [0.29, 0.717) is 11.7 Å².